The molecule has 1 heterocycles. The molecule has 3 aromatic rings. The van der Waals surface area contributed by atoms with Gasteiger partial charge in [0.25, 0.3) is 5.91 Å². The molecule has 0 aromatic heterocycles. The second-order valence-electron chi connectivity index (χ2n) is 8.23. The largest absolute Gasteiger partial charge is 0.336 e. The minimum Gasteiger partial charge on any atom is -0.336 e. The van der Waals surface area contributed by atoms with Gasteiger partial charge in [-0.05, 0) is 35.5 Å². The van der Waals surface area contributed by atoms with Crippen LogP contribution in [-0.4, -0.2) is 52.9 Å². The molecule has 0 atom stereocenters. The van der Waals surface area contributed by atoms with Crippen molar-refractivity contribution in [2.45, 2.75) is 13.0 Å². The zero-order valence-electron chi connectivity index (χ0n) is 19.1. The number of piperazine rings is 1. The van der Waals surface area contributed by atoms with E-state index in [0.29, 0.717) is 24.3 Å². The van der Waals surface area contributed by atoms with Crippen LogP contribution < -0.4 is 10.6 Å². The summed E-state index contributed by atoms with van der Waals surface area (Å²) in [5.41, 5.74) is 3.61. The molecule has 0 saturated carbocycles. The second-order valence-corrected chi connectivity index (χ2v) is 8.64. The standard InChI is InChI=1S/C27H28N4O2S/c1-20(32)28-27(34)29-24-15-9-8-14-23(24)26(33)31-18-16-30(17-19-31)25(21-10-4-2-5-11-21)22-12-6-3-7-13-22/h2-15,25H,16-19H2,1H3,(H2,28,29,32,34). The third-order valence-corrected chi connectivity index (χ3v) is 6.10. The predicted octanol–water partition coefficient (Wildman–Crippen LogP) is 4.07. The van der Waals surface area contributed by atoms with E-state index in [-0.39, 0.29) is 23.0 Å². The van der Waals surface area contributed by atoms with E-state index in [1.54, 1.807) is 12.1 Å². The molecule has 0 aliphatic carbocycles. The van der Waals surface area contributed by atoms with E-state index in [0.717, 1.165) is 13.1 Å². The molecule has 3 aromatic carbocycles. The third kappa shape index (κ3) is 5.68. The number of thiocarbonyl (C=S) groups is 1. The van der Waals surface area contributed by atoms with Gasteiger partial charge in [-0.1, -0.05) is 72.8 Å². The van der Waals surface area contributed by atoms with Crippen LogP contribution in [0.25, 0.3) is 0 Å². The Kier molecular flexibility index (Phi) is 7.67. The molecule has 1 aliphatic rings. The molecule has 7 heteroatoms. The first-order valence-electron chi connectivity index (χ1n) is 11.3. The molecule has 1 fully saturated rings. The Morgan fingerprint density at radius 2 is 1.32 bits per heavy atom. The summed E-state index contributed by atoms with van der Waals surface area (Å²) < 4.78 is 0. The Morgan fingerprint density at radius 1 is 0.794 bits per heavy atom. The van der Waals surface area contributed by atoms with Crippen LogP contribution in [0.2, 0.25) is 0 Å². The first-order chi connectivity index (χ1) is 16.5. The van der Waals surface area contributed by atoms with Crippen LogP contribution in [0, 0.1) is 0 Å². The molecule has 1 aliphatic heterocycles. The molecule has 1 saturated heterocycles. The zero-order chi connectivity index (χ0) is 23.9. The average Bonchev–Trinajstić information content (AvgIpc) is 2.85. The van der Waals surface area contributed by atoms with E-state index in [1.807, 2.05) is 29.2 Å². The molecule has 0 bridgehead atoms. The van der Waals surface area contributed by atoms with E-state index < -0.39 is 0 Å². The van der Waals surface area contributed by atoms with Crippen LogP contribution >= 0.6 is 12.2 Å². The number of nitrogens with zero attached hydrogens (tertiary/aromatic N) is 2. The highest BCUT2D eigenvalue weighted by molar-refractivity contribution is 7.80. The molecule has 4 rings (SSSR count). The average molecular weight is 473 g/mol. The van der Waals surface area contributed by atoms with Gasteiger partial charge < -0.3 is 15.5 Å². The van der Waals surface area contributed by atoms with Crippen molar-refractivity contribution in [3.63, 3.8) is 0 Å². The van der Waals surface area contributed by atoms with Crippen molar-refractivity contribution in [2.75, 3.05) is 31.5 Å². The first-order valence-corrected chi connectivity index (χ1v) is 11.7. The fourth-order valence-electron chi connectivity index (χ4n) is 4.33. The summed E-state index contributed by atoms with van der Waals surface area (Å²) in [5, 5.41) is 5.68. The van der Waals surface area contributed by atoms with Gasteiger partial charge >= 0.3 is 0 Å². The van der Waals surface area contributed by atoms with Gasteiger partial charge in [-0.15, -0.1) is 0 Å². The molecule has 0 radical (unpaired) electrons. The smallest absolute Gasteiger partial charge is 0.256 e. The summed E-state index contributed by atoms with van der Waals surface area (Å²) in [4.78, 5) is 29.0. The van der Waals surface area contributed by atoms with Gasteiger partial charge in [0, 0.05) is 33.1 Å². The van der Waals surface area contributed by atoms with Gasteiger partial charge in [-0.25, -0.2) is 0 Å². The van der Waals surface area contributed by atoms with Crippen molar-refractivity contribution < 1.29 is 9.59 Å². The summed E-state index contributed by atoms with van der Waals surface area (Å²) in [6, 6.07) is 28.4. The predicted molar refractivity (Wildman–Crippen MR) is 139 cm³/mol. The molecule has 0 unspecified atom stereocenters. The Balaban J connectivity index is 1.48. The Labute approximate surface area is 205 Å². The van der Waals surface area contributed by atoms with Gasteiger partial charge in [0.1, 0.15) is 0 Å². The van der Waals surface area contributed by atoms with E-state index in [9.17, 15) is 9.59 Å². The number of nitrogens with one attached hydrogen (secondary N) is 2. The lowest BCUT2D eigenvalue weighted by atomic mass is 9.96. The fourth-order valence-corrected chi connectivity index (χ4v) is 4.58. The Bertz CT molecular complexity index is 1110. The zero-order valence-corrected chi connectivity index (χ0v) is 19.9. The van der Waals surface area contributed by atoms with Crippen LogP contribution in [-0.2, 0) is 4.79 Å². The number of rotatable bonds is 5. The summed E-state index contributed by atoms with van der Waals surface area (Å²) in [6.07, 6.45) is 0. The summed E-state index contributed by atoms with van der Waals surface area (Å²) in [5.74, 6) is -0.312. The van der Waals surface area contributed by atoms with Crippen molar-refractivity contribution in [3.8, 4) is 0 Å². The maximum Gasteiger partial charge on any atom is 0.256 e. The molecule has 2 amide bonds. The van der Waals surface area contributed by atoms with E-state index >= 15 is 0 Å². The summed E-state index contributed by atoms with van der Waals surface area (Å²) in [7, 11) is 0. The molecule has 6 nitrogen and oxygen atoms in total. The van der Waals surface area contributed by atoms with Gasteiger partial charge in [-0.2, -0.15) is 0 Å². The van der Waals surface area contributed by atoms with Gasteiger partial charge in [0.15, 0.2) is 5.11 Å². The lowest BCUT2D eigenvalue weighted by Crippen LogP contribution is -2.50. The van der Waals surface area contributed by atoms with E-state index in [2.05, 4.69) is 64.1 Å². The number of para-hydroxylation sites is 1. The van der Waals surface area contributed by atoms with Crippen LogP contribution in [0.3, 0.4) is 0 Å². The maximum atomic E-state index is 13.4. The number of hydrogen-bond donors (Lipinski definition) is 2. The number of amides is 2. The maximum absolute atomic E-state index is 13.4. The molecule has 34 heavy (non-hydrogen) atoms. The number of carbonyl (C=O) groups excluding carboxylic acids is 2. The highest BCUT2D eigenvalue weighted by Gasteiger charge is 2.29. The molecule has 2 N–H and O–H groups in total. The topological polar surface area (TPSA) is 64.7 Å². The van der Waals surface area contributed by atoms with Crippen LogP contribution in [0.5, 0.6) is 0 Å². The van der Waals surface area contributed by atoms with Crippen molar-refractivity contribution in [2.24, 2.45) is 0 Å². The third-order valence-electron chi connectivity index (χ3n) is 5.89. The molecular weight excluding hydrogens is 444 g/mol. The molecule has 174 valence electrons. The minimum absolute atomic E-state index is 0.0515. The highest BCUT2D eigenvalue weighted by atomic mass is 32.1. The number of anilines is 1. The van der Waals surface area contributed by atoms with Gasteiger partial charge in [0.2, 0.25) is 5.91 Å². The van der Waals surface area contributed by atoms with Crippen molar-refractivity contribution in [1.82, 2.24) is 15.1 Å². The SMILES string of the molecule is CC(=O)NC(=S)Nc1ccccc1C(=O)N1CCN(C(c2ccccc2)c2ccccc2)CC1. The van der Waals surface area contributed by atoms with E-state index in [4.69, 9.17) is 12.2 Å². The molecular formula is C27H28N4O2S. The van der Waals surface area contributed by atoms with Crippen molar-refractivity contribution >= 4 is 34.8 Å². The van der Waals surface area contributed by atoms with E-state index in [1.165, 1.54) is 18.1 Å². The fraction of sp³-hybridized carbons (Fsp3) is 0.222. The van der Waals surface area contributed by atoms with Crippen LogP contribution in [0.15, 0.2) is 84.9 Å². The normalized spacial score (nSPS) is 14.0. The summed E-state index contributed by atoms with van der Waals surface area (Å²) in [6.45, 7) is 4.17. The Hall–Kier alpha value is -3.55. The number of benzene rings is 3. The minimum atomic E-state index is -0.260. The summed E-state index contributed by atoms with van der Waals surface area (Å²) >= 11 is 5.18. The first kappa shape index (κ1) is 23.6. The van der Waals surface area contributed by atoms with Crippen LogP contribution in [0.1, 0.15) is 34.5 Å². The Morgan fingerprint density at radius 3 is 1.88 bits per heavy atom. The lowest BCUT2D eigenvalue weighted by molar-refractivity contribution is -0.117. The highest BCUT2D eigenvalue weighted by Crippen LogP contribution is 2.30. The number of carbonyl (C=O) groups is 2. The number of hydrogen-bond acceptors (Lipinski definition) is 4. The van der Waals surface area contributed by atoms with Crippen molar-refractivity contribution in [3.05, 3.63) is 102 Å². The molecule has 0 spiro atoms. The monoisotopic (exact) mass is 472 g/mol. The van der Waals surface area contributed by atoms with Gasteiger partial charge in [-0.3, -0.25) is 14.5 Å². The quantitative estimate of drug-likeness (QED) is 0.548. The van der Waals surface area contributed by atoms with Crippen LogP contribution in [0.4, 0.5) is 5.69 Å². The van der Waals surface area contributed by atoms with Gasteiger partial charge in [0.05, 0.1) is 17.3 Å². The lowest BCUT2D eigenvalue weighted by Gasteiger charge is -2.40. The van der Waals surface area contributed by atoms with Crippen molar-refractivity contribution in [1.29, 1.82) is 0 Å². The second kappa shape index (κ2) is 11.0.